The smallest absolute Gasteiger partial charge is 0.177 e. The predicted octanol–water partition coefficient (Wildman–Crippen LogP) is 2.45. The van der Waals surface area contributed by atoms with Crippen molar-refractivity contribution < 1.29 is 9.90 Å². The normalized spacial score (nSPS) is 9.50. The Hall–Kier alpha value is -0.610. The molecule has 1 rings (SSSR count). The molecule has 0 fully saturated rings. The number of alkyl halides is 1. The number of carbonyl (C=O) groups excluding carboxylic acids is 1. The Kier molecular flexibility index (Phi) is 3.89. The van der Waals surface area contributed by atoms with Crippen LogP contribution in [0.5, 0.6) is 5.75 Å². The summed E-state index contributed by atoms with van der Waals surface area (Å²) >= 11 is 4.94. The zero-order valence-electron chi connectivity index (χ0n) is 6.92. The molecule has 0 saturated heterocycles. The van der Waals surface area contributed by atoms with Crippen LogP contribution in [-0.4, -0.2) is 16.2 Å². The first-order chi connectivity index (χ1) is 6.61. The standard InChI is InChI=1S/C9H5BrINO2/c10-3-8(13)5-1-2-7(11)6(4-12)9(5)14/h1-2,14H,3H2. The van der Waals surface area contributed by atoms with E-state index >= 15 is 0 Å². The number of rotatable bonds is 2. The molecule has 0 aliphatic rings. The first-order valence-corrected chi connectivity index (χ1v) is 5.82. The maximum atomic E-state index is 11.3. The van der Waals surface area contributed by atoms with Gasteiger partial charge in [-0.2, -0.15) is 5.26 Å². The van der Waals surface area contributed by atoms with E-state index in [-0.39, 0.29) is 28.0 Å². The maximum Gasteiger partial charge on any atom is 0.177 e. The highest BCUT2D eigenvalue weighted by Gasteiger charge is 2.15. The Morgan fingerprint density at radius 1 is 1.64 bits per heavy atom. The number of phenolic OH excluding ortho intramolecular Hbond substituents is 1. The van der Waals surface area contributed by atoms with Crippen LogP contribution >= 0.6 is 38.5 Å². The minimum absolute atomic E-state index is 0.131. The van der Waals surface area contributed by atoms with Gasteiger partial charge in [-0.3, -0.25) is 4.79 Å². The first-order valence-electron chi connectivity index (χ1n) is 3.62. The van der Waals surface area contributed by atoms with Gasteiger partial charge < -0.3 is 5.11 Å². The second-order valence-corrected chi connectivity index (χ2v) is 4.21. The fourth-order valence-electron chi connectivity index (χ4n) is 0.970. The molecule has 72 valence electrons. The third kappa shape index (κ3) is 2.07. The molecule has 0 bridgehead atoms. The van der Waals surface area contributed by atoms with Gasteiger partial charge in [0, 0.05) is 3.57 Å². The molecule has 1 N–H and O–H groups in total. The van der Waals surface area contributed by atoms with Gasteiger partial charge >= 0.3 is 0 Å². The van der Waals surface area contributed by atoms with Crippen LogP contribution in [0.2, 0.25) is 0 Å². The molecule has 0 heterocycles. The number of hydrogen-bond donors (Lipinski definition) is 1. The quantitative estimate of drug-likeness (QED) is 0.497. The van der Waals surface area contributed by atoms with Crippen molar-refractivity contribution >= 4 is 44.3 Å². The molecule has 0 atom stereocenters. The third-order valence-electron chi connectivity index (χ3n) is 1.66. The Balaban J connectivity index is 3.37. The van der Waals surface area contributed by atoms with Gasteiger partial charge in [-0.15, -0.1) is 0 Å². The summed E-state index contributed by atoms with van der Waals surface area (Å²) in [5.41, 5.74) is 0.330. The number of nitriles is 1. The van der Waals surface area contributed by atoms with E-state index in [0.717, 1.165) is 0 Å². The summed E-state index contributed by atoms with van der Waals surface area (Å²) in [5.74, 6) is -0.473. The molecular formula is C9H5BrINO2. The third-order valence-corrected chi connectivity index (χ3v) is 3.07. The largest absolute Gasteiger partial charge is 0.506 e. The van der Waals surface area contributed by atoms with Gasteiger partial charge in [0.05, 0.1) is 10.9 Å². The van der Waals surface area contributed by atoms with Crippen LogP contribution in [0.4, 0.5) is 0 Å². The maximum absolute atomic E-state index is 11.3. The van der Waals surface area contributed by atoms with Crippen LogP contribution < -0.4 is 0 Å². The second kappa shape index (κ2) is 4.75. The predicted molar refractivity (Wildman–Crippen MR) is 63.7 cm³/mol. The van der Waals surface area contributed by atoms with E-state index in [1.807, 2.05) is 28.7 Å². The lowest BCUT2D eigenvalue weighted by atomic mass is 10.1. The minimum Gasteiger partial charge on any atom is -0.506 e. The summed E-state index contributed by atoms with van der Waals surface area (Å²) in [6.45, 7) is 0. The Morgan fingerprint density at radius 2 is 2.29 bits per heavy atom. The summed E-state index contributed by atoms with van der Waals surface area (Å²) in [6.07, 6.45) is 0. The monoisotopic (exact) mass is 365 g/mol. The Labute approximate surface area is 103 Å². The lowest BCUT2D eigenvalue weighted by molar-refractivity contribution is 0.102. The van der Waals surface area contributed by atoms with E-state index in [9.17, 15) is 9.90 Å². The van der Waals surface area contributed by atoms with Crippen LogP contribution in [0.3, 0.4) is 0 Å². The number of Topliss-reactive ketones (excluding diaryl/α,β-unsaturated/α-hetero) is 1. The fraction of sp³-hybridized carbons (Fsp3) is 0.111. The lowest BCUT2D eigenvalue weighted by Crippen LogP contribution is -2.02. The number of carbonyl (C=O) groups is 1. The lowest BCUT2D eigenvalue weighted by Gasteiger charge is -2.04. The number of benzene rings is 1. The van der Waals surface area contributed by atoms with E-state index in [1.54, 1.807) is 6.07 Å². The number of hydrogen-bond acceptors (Lipinski definition) is 3. The van der Waals surface area contributed by atoms with Gasteiger partial charge in [-0.1, -0.05) is 15.9 Å². The van der Waals surface area contributed by atoms with Gasteiger partial charge in [0.1, 0.15) is 17.4 Å². The molecule has 0 radical (unpaired) electrons. The number of nitrogens with zero attached hydrogens (tertiary/aromatic N) is 1. The van der Waals surface area contributed by atoms with Crippen molar-refractivity contribution in [1.29, 1.82) is 5.26 Å². The Morgan fingerprint density at radius 3 is 2.79 bits per heavy atom. The van der Waals surface area contributed by atoms with Crippen molar-refractivity contribution in [2.75, 3.05) is 5.33 Å². The summed E-state index contributed by atoms with van der Waals surface area (Å²) < 4.78 is 0.633. The van der Waals surface area contributed by atoms with E-state index in [2.05, 4.69) is 15.9 Å². The van der Waals surface area contributed by atoms with Crippen molar-refractivity contribution in [3.05, 3.63) is 26.8 Å². The van der Waals surface area contributed by atoms with E-state index in [4.69, 9.17) is 5.26 Å². The van der Waals surface area contributed by atoms with Crippen molar-refractivity contribution in [3.8, 4) is 11.8 Å². The molecule has 3 nitrogen and oxygen atoms in total. The number of ketones is 1. The summed E-state index contributed by atoms with van der Waals surface area (Å²) in [7, 11) is 0. The van der Waals surface area contributed by atoms with Gasteiger partial charge in [0.15, 0.2) is 5.78 Å². The summed E-state index contributed by atoms with van der Waals surface area (Å²) in [5, 5.41) is 18.5. The zero-order valence-corrected chi connectivity index (χ0v) is 10.7. The van der Waals surface area contributed by atoms with E-state index < -0.39 is 0 Å². The molecule has 5 heteroatoms. The number of aromatic hydroxyl groups is 1. The average Bonchev–Trinajstić information content (AvgIpc) is 2.18. The molecule has 0 aliphatic heterocycles. The molecule has 0 saturated carbocycles. The summed E-state index contributed by atoms with van der Waals surface area (Å²) in [6, 6.07) is 5.01. The van der Waals surface area contributed by atoms with Crippen molar-refractivity contribution in [3.63, 3.8) is 0 Å². The van der Waals surface area contributed by atoms with E-state index in [0.29, 0.717) is 3.57 Å². The van der Waals surface area contributed by atoms with Crippen LogP contribution in [0.1, 0.15) is 15.9 Å². The highest BCUT2D eigenvalue weighted by molar-refractivity contribution is 14.1. The van der Waals surface area contributed by atoms with Crippen LogP contribution in [0.15, 0.2) is 12.1 Å². The highest BCUT2D eigenvalue weighted by atomic mass is 127. The minimum atomic E-state index is -0.240. The molecule has 0 unspecified atom stereocenters. The molecule has 1 aromatic carbocycles. The van der Waals surface area contributed by atoms with E-state index in [1.165, 1.54) is 6.07 Å². The topological polar surface area (TPSA) is 61.1 Å². The Bertz CT molecular complexity index is 426. The van der Waals surface area contributed by atoms with Gasteiger partial charge in [-0.05, 0) is 34.7 Å². The van der Waals surface area contributed by atoms with Crippen molar-refractivity contribution in [1.82, 2.24) is 0 Å². The second-order valence-electron chi connectivity index (χ2n) is 2.49. The SMILES string of the molecule is N#Cc1c(I)ccc(C(=O)CBr)c1O. The fourth-order valence-corrected chi connectivity index (χ4v) is 1.83. The molecule has 14 heavy (non-hydrogen) atoms. The van der Waals surface area contributed by atoms with Gasteiger partial charge in [-0.25, -0.2) is 0 Å². The average molecular weight is 366 g/mol. The van der Waals surface area contributed by atoms with Crippen LogP contribution in [-0.2, 0) is 0 Å². The first kappa shape index (κ1) is 11.5. The molecule has 0 spiro atoms. The van der Waals surface area contributed by atoms with Crippen LogP contribution in [0, 0.1) is 14.9 Å². The summed E-state index contributed by atoms with van der Waals surface area (Å²) in [4.78, 5) is 11.3. The van der Waals surface area contributed by atoms with Crippen LogP contribution in [0.25, 0.3) is 0 Å². The van der Waals surface area contributed by atoms with Gasteiger partial charge in [0.25, 0.3) is 0 Å². The molecular weight excluding hydrogens is 361 g/mol. The number of halogens is 2. The van der Waals surface area contributed by atoms with Gasteiger partial charge in [0.2, 0.25) is 0 Å². The molecule has 1 aromatic rings. The zero-order chi connectivity index (χ0) is 10.7. The van der Waals surface area contributed by atoms with Crippen molar-refractivity contribution in [2.24, 2.45) is 0 Å². The highest BCUT2D eigenvalue weighted by Crippen LogP contribution is 2.27. The molecule has 0 amide bonds. The molecule has 0 aromatic heterocycles. The van der Waals surface area contributed by atoms with Crippen molar-refractivity contribution in [2.45, 2.75) is 0 Å². The molecule has 0 aliphatic carbocycles. The number of phenols is 1.